The van der Waals surface area contributed by atoms with Gasteiger partial charge in [0.05, 0.1) is 13.7 Å². The Morgan fingerprint density at radius 3 is 2.83 bits per heavy atom. The predicted octanol–water partition coefficient (Wildman–Crippen LogP) is 3.90. The van der Waals surface area contributed by atoms with Crippen LogP contribution in [0.4, 0.5) is 0 Å². The molecule has 1 aromatic carbocycles. The zero-order chi connectivity index (χ0) is 21.3. The van der Waals surface area contributed by atoms with Crippen LogP contribution in [-0.4, -0.2) is 51.8 Å². The van der Waals surface area contributed by atoms with Gasteiger partial charge >= 0.3 is 0 Å². The number of piperidine rings is 1. The van der Waals surface area contributed by atoms with Crippen molar-refractivity contribution in [3.63, 3.8) is 0 Å². The predicted molar refractivity (Wildman–Crippen MR) is 125 cm³/mol. The number of nitrogens with one attached hydrogen (secondary N) is 2. The van der Waals surface area contributed by atoms with Gasteiger partial charge in [-0.2, -0.15) is 0 Å². The number of benzene rings is 1. The summed E-state index contributed by atoms with van der Waals surface area (Å²) in [5, 5.41) is 9.14. The van der Waals surface area contributed by atoms with Crippen LogP contribution in [0.5, 0.6) is 11.5 Å². The molecule has 0 spiro atoms. The Balaban J connectivity index is 1.57. The Hall–Kier alpha value is -2.25. The van der Waals surface area contributed by atoms with Gasteiger partial charge in [0.2, 0.25) is 0 Å². The molecule has 30 heavy (non-hydrogen) atoms. The summed E-state index contributed by atoms with van der Waals surface area (Å²) in [6, 6.07) is 10.9. The largest absolute Gasteiger partial charge is 0.493 e. The molecular formula is C23H34N4O2S. The third-order valence-corrected chi connectivity index (χ3v) is 6.53. The lowest BCUT2D eigenvalue weighted by molar-refractivity contribution is 0.125. The Morgan fingerprint density at radius 1 is 1.27 bits per heavy atom. The van der Waals surface area contributed by atoms with Gasteiger partial charge in [0.25, 0.3) is 0 Å². The average Bonchev–Trinajstić information content (AvgIpc) is 3.28. The first-order chi connectivity index (χ1) is 14.7. The number of hydrogen-bond donors (Lipinski definition) is 2. The van der Waals surface area contributed by atoms with Crippen LogP contribution in [-0.2, 0) is 6.54 Å². The Morgan fingerprint density at radius 2 is 2.13 bits per heavy atom. The van der Waals surface area contributed by atoms with E-state index in [2.05, 4.69) is 45.1 Å². The molecule has 1 aliphatic heterocycles. The van der Waals surface area contributed by atoms with E-state index < -0.39 is 0 Å². The fourth-order valence-electron chi connectivity index (χ4n) is 4.12. The van der Waals surface area contributed by atoms with Crippen molar-refractivity contribution in [2.45, 2.75) is 32.4 Å². The maximum atomic E-state index is 5.68. The van der Waals surface area contributed by atoms with Crippen molar-refractivity contribution in [3.8, 4) is 11.5 Å². The van der Waals surface area contributed by atoms with Gasteiger partial charge in [-0.25, -0.2) is 0 Å². The van der Waals surface area contributed by atoms with E-state index >= 15 is 0 Å². The van der Waals surface area contributed by atoms with Crippen molar-refractivity contribution in [3.05, 3.63) is 46.2 Å². The highest BCUT2D eigenvalue weighted by Crippen LogP contribution is 2.36. The van der Waals surface area contributed by atoms with Crippen LogP contribution in [0.2, 0.25) is 0 Å². The summed E-state index contributed by atoms with van der Waals surface area (Å²) < 4.78 is 11.1. The van der Waals surface area contributed by atoms with Crippen molar-refractivity contribution >= 4 is 17.3 Å². The second kappa shape index (κ2) is 11.2. The zero-order valence-corrected chi connectivity index (χ0v) is 19.3. The summed E-state index contributed by atoms with van der Waals surface area (Å²) in [4.78, 5) is 8.36. The number of guanidine groups is 1. The van der Waals surface area contributed by atoms with Crippen LogP contribution in [0.15, 0.2) is 40.7 Å². The molecule has 0 bridgehead atoms. The minimum atomic E-state index is 0.472. The van der Waals surface area contributed by atoms with Crippen LogP contribution in [0.3, 0.4) is 0 Å². The monoisotopic (exact) mass is 430 g/mol. The second-order valence-electron chi connectivity index (χ2n) is 7.57. The normalized spacial score (nSPS) is 20.1. The third kappa shape index (κ3) is 5.67. The topological polar surface area (TPSA) is 58.1 Å². The molecule has 2 unspecified atom stereocenters. The van der Waals surface area contributed by atoms with E-state index in [4.69, 9.17) is 9.47 Å². The molecule has 7 heteroatoms. The van der Waals surface area contributed by atoms with Crippen LogP contribution < -0.4 is 20.1 Å². The Kier molecular flexibility index (Phi) is 8.39. The van der Waals surface area contributed by atoms with Crippen molar-refractivity contribution in [2.24, 2.45) is 10.9 Å². The van der Waals surface area contributed by atoms with E-state index in [0.717, 1.165) is 36.1 Å². The number of rotatable bonds is 8. The van der Waals surface area contributed by atoms with Gasteiger partial charge in [-0.15, -0.1) is 11.3 Å². The molecule has 2 heterocycles. The Bertz CT molecular complexity index is 810. The van der Waals surface area contributed by atoms with Gasteiger partial charge < -0.3 is 20.1 Å². The van der Waals surface area contributed by atoms with E-state index in [0.29, 0.717) is 25.1 Å². The molecule has 164 valence electrons. The highest BCUT2D eigenvalue weighted by Gasteiger charge is 2.31. The van der Waals surface area contributed by atoms with Crippen molar-refractivity contribution in [1.82, 2.24) is 15.5 Å². The third-order valence-electron chi connectivity index (χ3n) is 5.58. The number of methoxy groups -OCH3 is 1. The number of hydrogen-bond acceptors (Lipinski definition) is 5. The second-order valence-corrected chi connectivity index (χ2v) is 8.55. The lowest BCUT2D eigenvalue weighted by Crippen LogP contribution is -2.44. The van der Waals surface area contributed by atoms with Crippen LogP contribution in [0.1, 0.15) is 36.2 Å². The molecule has 3 rings (SSSR count). The van der Waals surface area contributed by atoms with Gasteiger partial charge in [0.1, 0.15) is 0 Å². The number of aliphatic imine (C=N–C) groups is 1. The SMILES string of the molecule is CCOc1cc(CNC(=NC)NCC2CCCN(C)C2c2cccs2)ccc1OC. The molecule has 2 aromatic rings. The Labute approximate surface area is 184 Å². The molecular weight excluding hydrogens is 396 g/mol. The summed E-state index contributed by atoms with van der Waals surface area (Å²) in [7, 11) is 5.72. The van der Waals surface area contributed by atoms with Gasteiger partial charge in [0, 0.05) is 31.1 Å². The fraction of sp³-hybridized carbons (Fsp3) is 0.522. The van der Waals surface area contributed by atoms with Crippen LogP contribution in [0, 0.1) is 5.92 Å². The highest BCUT2D eigenvalue weighted by molar-refractivity contribution is 7.10. The maximum absolute atomic E-state index is 5.68. The number of likely N-dealkylation sites (tertiary alicyclic amines) is 1. The fourth-order valence-corrected chi connectivity index (χ4v) is 5.10. The van der Waals surface area contributed by atoms with Crippen molar-refractivity contribution < 1.29 is 9.47 Å². The molecule has 2 N–H and O–H groups in total. The highest BCUT2D eigenvalue weighted by atomic mass is 32.1. The molecule has 0 aliphatic carbocycles. The quantitative estimate of drug-likeness (QED) is 0.491. The van der Waals surface area contributed by atoms with Crippen molar-refractivity contribution in [2.75, 3.05) is 40.9 Å². The zero-order valence-electron chi connectivity index (χ0n) is 18.5. The first-order valence-electron chi connectivity index (χ1n) is 10.6. The first-order valence-corrected chi connectivity index (χ1v) is 11.5. The van der Waals surface area contributed by atoms with E-state index in [-0.39, 0.29) is 0 Å². The van der Waals surface area contributed by atoms with Crippen LogP contribution >= 0.6 is 11.3 Å². The van der Waals surface area contributed by atoms with Gasteiger partial charge in [0.15, 0.2) is 17.5 Å². The minimum absolute atomic E-state index is 0.472. The summed E-state index contributed by atoms with van der Waals surface area (Å²) in [6.45, 7) is 5.31. The minimum Gasteiger partial charge on any atom is -0.493 e. The van der Waals surface area contributed by atoms with Gasteiger partial charge in [-0.1, -0.05) is 12.1 Å². The number of nitrogens with zero attached hydrogens (tertiary/aromatic N) is 2. The first kappa shape index (κ1) is 22.4. The van der Waals surface area contributed by atoms with Gasteiger partial charge in [-0.3, -0.25) is 9.89 Å². The van der Waals surface area contributed by atoms with E-state index in [1.165, 1.54) is 17.7 Å². The molecule has 0 radical (unpaired) electrons. The number of thiophene rings is 1. The summed E-state index contributed by atoms with van der Waals surface area (Å²) in [5.74, 6) is 2.91. The molecule has 1 saturated heterocycles. The molecule has 6 nitrogen and oxygen atoms in total. The molecule has 0 saturated carbocycles. The molecule has 0 amide bonds. The van der Waals surface area contributed by atoms with E-state index in [1.807, 2.05) is 43.5 Å². The molecule has 1 aliphatic rings. The van der Waals surface area contributed by atoms with Gasteiger partial charge in [-0.05, 0) is 68.4 Å². The molecule has 1 fully saturated rings. The molecule has 1 aromatic heterocycles. The summed E-state index contributed by atoms with van der Waals surface area (Å²) >= 11 is 1.86. The summed E-state index contributed by atoms with van der Waals surface area (Å²) in [5.41, 5.74) is 1.12. The molecule has 2 atom stereocenters. The van der Waals surface area contributed by atoms with Crippen molar-refractivity contribution in [1.29, 1.82) is 0 Å². The summed E-state index contributed by atoms with van der Waals surface area (Å²) in [6.07, 6.45) is 2.47. The van der Waals surface area contributed by atoms with E-state index in [9.17, 15) is 0 Å². The maximum Gasteiger partial charge on any atom is 0.191 e. The van der Waals surface area contributed by atoms with E-state index in [1.54, 1.807) is 7.11 Å². The number of ether oxygens (including phenoxy) is 2. The average molecular weight is 431 g/mol. The lowest BCUT2D eigenvalue weighted by Gasteiger charge is -2.39. The lowest BCUT2D eigenvalue weighted by atomic mass is 9.88. The standard InChI is InChI=1S/C23H34N4O2S/c1-5-29-20-14-17(10-11-19(20)28-4)15-25-23(24-2)26-16-18-8-6-12-27(3)22(18)21-9-7-13-30-21/h7,9-11,13-14,18,22H,5-6,8,12,15-16H2,1-4H3,(H2,24,25,26). The van der Waals surface area contributed by atoms with Crippen LogP contribution in [0.25, 0.3) is 0 Å². The smallest absolute Gasteiger partial charge is 0.191 e.